The number of esters is 1. The number of nitrogen functional groups attached to an aromatic ring is 1. The number of ether oxygens (including phenoxy) is 1. The molecular formula is C11H12N4O3. The molecule has 0 atom stereocenters. The fourth-order valence-electron chi connectivity index (χ4n) is 1.42. The summed E-state index contributed by atoms with van der Waals surface area (Å²) < 4.78 is 10.1. The molecule has 2 rings (SSSR count). The maximum atomic E-state index is 11.7. The number of anilines is 1. The largest absolute Gasteiger partial charge is 0.456 e. The van der Waals surface area contributed by atoms with Gasteiger partial charge in [-0.1, -0.05) is 5.16 Å². The van der Waals surface area contributed by atoms with Crippen LogP contribution < -0.4 is 5.73 Å². The molecule has 0 aliphatic heterocycles. The smallest absolute Gasteiger partial charge is 0.361 e. The van der Waals surface area contributed by atoms with Crippen LogP contribution >= 0.6 is 0 Å². The molecule has 0 saturated carbocycles. The van der Waals surface area contributed by atoms with Crippen LogP contribution in [0.4, 0.5) is 5.82 Å². The fourth-order valence-corrected chi connectivity index (χ4v) is 1.42. The summed E-state index contributed by atoms with van der Waals surface area (Å²) in [5.41, 5.74) is 6.96. The van der Waals surface area contributed by atoms with Crippen LogP contribution in [0.2, 0.25) is 0 Å². The van der Waals surface area contributed by atoms with Crippen LogP contribution in [-0.4, -0.2) is 21.1 Å². The lowest BCUT2D eigenvalue weighted by molar-refractivity contribution is 0.0465. The number of aryl methyl sites for hydroxylation is 2. The highest BCUT2D eigenvalue weighted by Crippen LogP contribution is 2.14. The van der Waals surface area contributed by atoms with Crippen LogP contribution in [0.15, 0.2) is 16.9 Å². The van der Waals surface area contributed by atoms with Crippen LogP contribution in [0.3, 0.4) is 0 Å². The standard InChI is InChI=1S/C11H12N4O3/c1-6-8(7(2)18-15-6)5-17-11(16)9-10(12)14-4-3-13-9/h3-4H,5H2,1-2H3,(H2,12,14). The Morgan fingerprint density at radius 3 is 2.72 bits per heavy atom. The summed E-state index contributed by atoms with van der Waals surface area (Å²) in [5.74, 6) is 0.0364. The molecule has 7 heteroatoms. The molecule has 0 aromatic carbocycles. The van der Waals surface area contributed by atoms with Gasteiger partial charge in [0.2, 0.25) is 0 Å². The van der Waals surface area contributed by atoms with Crippen molar-refractivity contribution in [2.75, 3.05) is 5.73 Å². The van der Waals surface area contributed by atoms with Crippen LogP contribution in [-0.2, 0) is 11.3 Å². The Hall–Kier alpha value is -2.44. The van der Waals surface area contributed by atoms with E-state index in [0.717, 1.165) is 5.56 Å². The second-order valence-electron chi connectivity index (χ2n) is 3.67. The minimum atomic E-state index is -0.624. The van der Waals surface area contributed by atoms with E-state index in [1.807, 2.05) is 0 Å². The monoisotopic (exact) mass is 248 g/mol. The molecule has 0 aliphatic carbocycles. The molecule has 2 aromatic heterocycles. The Balaban J connectivity index is 2.08. The highest BCUT2D eigenvalue weighted by atomic mass is 16.5. The lowest BCUT2D eigenvalue weighted by Gasteiger charge is -2.04. The summed E-state index contributed by atoms with van der Waals surface area (Å²) in [5, 5.41) is 3.77. The quantitative estimate of drug-likeness (QED) is 0.808. The molecule has 0 spiro atoms. The van der Waals surface area contributed by atoms with Crippen LogP contribution in [0, 0.1) is 13.8 Å². The van der Waals surface area contributed by atoms with Crippen LogP contribution in [0.25, 0.3) is 0 Å². The molecule has 0 amide bonds. The second kappa shape index (κ2) is 4.82. The van der Waals surface area contributed by atoms with Gasteiger partial charge < -0.3 is 15.0 Å². The third kappa shape index (κ3) is 2.29. The predicted octanol–water partition coefficient (Wildman–Crippen LogP) is 1.02. The third-order valence-electron chi connectivity index (χ3n) is 2.45. The molecular weight excluding hydrogens is 236 g/mol. The van der Waals surface area contributed by atoms with E-state index in [9.17, 15) is 4.79 Å². The summed E-state index contributed by atoms with van der Waals surface area (Å²) in [4.78, 5) is 19.3. The van der Waals surface area contributed by atoms with Crippen LogP contribution in [0.5, 0.6) is 0 Å². The second-order valence-corrected chi connectivity index (χ2v) is 3.67. The number of nitrogens with zero attached hydrogens (tertiary/aromatic N) is 3. The SMILES string of the molecule is Cc1noc(C)c1COC(=O)c1nccnc1N. The van der Waals surface area contributed by atoms with E-state index in [2.05, 4.69) is 15.1 Å². The van der Waals surface area contributed by atoms with Gasteiger partial charge in [-0.25, -0.2) is 14.8 Å². The Labute approximate surface area is 103 Å². The van der Waals surface area contributed by atoms with Crippen LogP contribution in [0.1, 0.15) is 27.5 Å². The van der Waals surface area contributed by atoms with Gasteiger partial charge >= 0.3 is 5.97 Å². The number of aromatic nitrogens is 3. The molecule has 0 unspecified atom stereocenters. The minimum absolute atomic E-state index is 0.00394. The zero-order valence-corrected chi connectivity index (χ0v) is 10.0. The highest BCUT2D eigenvalue weighted by Gasteiger charge is 2.16. The Bertz CT molecular complexity index is 560. The maximum absolute atomic E-state index is 11.7. The van der Waals surface area contributed by atoms with Crippen molar-refractivity contribution in [2.45, 2.75) is 20.5 Å². The molecule has 2 aromatic rings. The summed E-state index contributed by atoms with van der Waals surface area (Å²) in [7, 11) is 0. The van der Waals surface area contributed by atoms with E-state index in [1.165, 1.54) is 12.4 Å². The Kier molecular flexibility index (Phi) is 3.22. The maximum Gasteiger partial charge on any atom is 0.361 e. The van der Waals surface area contributed by atoms with Gasteiger partial charge in [-0.15, -0.1) is 0 Å². The first-order valence-corrected chi connectivity index (χ1v) is 5.25. The molecule has 7 nitrogen and oxygen atoms in total. The van der Waals surface area contributed by atoms with Crippen molar-refractivity contribution in [2.24, 2.45) is 0 Å². The van der Waals surface area contributed by atoms with E-state index in [4.69, 9.17) is 15.0 Å². The van der Waals surface area contributed by atoms with Crippen molar-refractivity contribution >= 4 is 11.8 Å². The van der Waals surface area contributed by atoms with E-state index in [-0.39, 0.29) is 18.1 Å². The van der Waals surface area contributed by atoms with Crippen molar-refractivity contribution in [1.29, 1.82) is 0 Å². The molecule has 0 saturated heterocycles. The molecule has 0 radical (unpaired) electrons. The molecule has 2 heterocycles. The molecule has 0 aliphatic rings. The zero-order valence-electron chi connectivity index (χ0n) is 10.0. The number of rotatable bonds is 3. The summed E-state index contributed by atoms with van der Waals surface area (Å²) in [6.45, 7) is 3.59. The lowest BCUT2D eigenvalue weighted by atomic mass is 10.2. The first kappa shape index (κ1) is 12.0. The first-order valence-electron chi connectivity index (χ1n) is 5.25. The summed E-state index contributed by atoms with van der Waals surface area (Å²) in [6.07, 6.45) is 2.78. The van der Waals surface area contributed by atoms with E-state index < -0.39 is 5.97 Å². The van der Waals surface area contributed by atoms with Gasteiger partial charge in [0.1, 0.15) is 12.4 Å². The van der Waals surface area contributed by atoms with Gasteiger partial charge in [0, 0.05) is 12.4 Å². The average molecular weight is 248 g/mol. The van der Waals surface area contributed by atoms with Gasteiger partial charge in [-0.3, -0.25) is 0 Å². The van der Waals surface area contributed by atoms with Gasteiger partial charge in [-0.05, 0) is 13.8 Å². The highest BCUT2D eigenvalue weighted by molar-refractivity contribution is 5.91. The van der Waals surface area contributed by atoms with Crippen molar-refractivity contribution in [1.82, 2.24) is 15.1 Å². The average Bonchev–Trinajstić information content (AvgIpc) is 2.67. The van der Waals surface area contributed by atoms with Gasteiger partial charge in [0.25, 0.3) is 0 Å². The minimum Gasteiger partial charge on any atom is -0.456 e. The predicted molar refractivity (Wildman–Crippen MR) is 61.5 cm³/mol. The number of hydrogen-bond acceptors (Lipinski definition) is 7. The summed E-state index contributed by atoms with van der Waals surface area (Å²) >= 11 is 0. The summed E-state index contributed by atoms with van der Waals surface area (Å²) in [6, 6.07) is 0. The molecule has 2 N–H and O–H groups in total. The zero-order chi connectivity index (χ0) is 13.1. The molecule has 18 heavy (non-hydrogen) atoms. The normalized spacial score (nSPS) is 10.3. The third-order valence-corrected chi connectivity index (χ3v) is 2.45. The number of hydrogen-bond donors (Lipinski definition) is 1. The van der Waals surface area contributed by atoms with E-state index in [0.29, 0.717) is 11.5 Å². The number of carbonyl (C=O) groups excluding carboxylic acids is 1. The Morgan fingerprint density at radius 1 is 1.39 bits per heavy atom. The van der Waals surface area contributed by atoms with Gasteiger partial charge in [-0.2, -0.15) is 0 Å². The van der Waals surface area contributed by atoms with Crippen molar-refractivity contribution in [3.8, 4) is 0 Å². The van der Waals surface area contributed by atoms with Gasteiger partial charge in [0.05, 0.1) is 11.3 Å². The van der Waals surface area contributed by atoms with E-state index in [1.54, 1.807) is 13.8 Å². The Morgan fingerprint density at radius 2 is 2.11 bits per heavy atom. The van der Waals surface area contributed by atoms with Crippen molar-refractivity contribution < 1.29 is 14.1 Å². The lowest BCUT2D eigenvalue weighted by Crippen LogP contribution is -2.11. The van der Waals surface area contributed by atoms with Gasteiger partial charge in [0.15, 0.2) is 11.5 Å². The van der Waals surface area contributed by atoms with E-state index >= 15 is 0 Å². The molecule has 94 valence electrons. The first-order chi connectivity index (χ1) is 8.59. The fraction of sp³-hybridized carbons (Fsp3) is 0.273. The molecule has 0 bridgehead atoms. The topological polar surface area (TPSA) is 104 Å². The van der Waals surface area contributed by atoms with Crippen molar-refractivity contribution in [3.05, 3.63) is 35.1 Å². The van der Waals surface area contributed by atoms with Crippen molar-refractivity contribution in [3.63, 3.8) is 0 Å². The molecule has 0 fully saturated rings. The number of carbonyl (C=O) groups is 1. The number of nitrogens with two attached hydrogens (primary N) is 1.